The van der Waals surface area contributed by atoms with Gasteiger partial charge in [-0.25, -0.2) is 0 Å². The quantitative estimate of drug-likeness (QED) is 0.336. The van der Waals surface area contributed by atoms with E-state index in [1.165, 1.54) is 12.1 Å². The molecule has 0 atom stereocenters. The highest BCUT2D eigenvalue weighted by molar-refractivity contribution is 6.40. The summed E-state index contributed by atoms with van der Waals surface area (Å²) in [5.41, 5.74) is 0.861. The van der Waals surface area contributed by atoms with Crippen LogP contribution in [-0.4, -0.2) is 20.2 Å². The molecule has 0 aliphatic rings. The molecule has 0 fully saturated rings. The largest absolute Gasteiger partial charge is 0.504 e. The van der Waals surface area contributed by atoms with Crippen LogP contribution in [0.2, 0.25) is 20.1 Å². The van der Waals surface area contributed by atoms with Crippen molar-refractivity contribution in [1.29, 1.82) is 0 Å². The Balaban J connectivity index is 0.000000151. The second-order valence-corrected chi connectivity index (χ2v) is 6.81. The molecule has 0 aliphatic heterocycles. The van der Waals surface area contributed by atoms with Gasteiger partial charge >= 0.3 is 0 Å². The van der Waals surface area contributed by atoms with Crippen LogP contribution in [0.1, 0.15) is 0 Å². The molecule has 0 radical (unpaired) electrons. The van der Waals surface area contributed by atoms with Crippen LogP contribution in [0.25, 0.3) is 21.8 Å². The van der Waals surface area contributed by atoms with Gasteiger partial charge in [0, 0.05) is 23.2 Å². The smallest absolute Gasteiger partial charge is 0.160 e. The highest BCUT2D eigenvalue weighted by atomic mass is 35.5. The molecule has 4 rings (SSSR count). The molecule has 0 unspecified atom stereocenters. The van der Waals surface area contributed by atoms with E-state index in [-0.39, 0.29) is 21.5 Å². The third kappa shape index (κ3) is 3.60. The van der Waals surface area contributed by atoms with E-state index >= 15 is 0 Å². The van der Waals surface area contributed by atoms with Crippen molar-refractivity contribution in [2.45, 2.75) is 0 Å². The van der Waals surface area contributed by atoms with Crippen LogP contribution in [0.15, 0.2) is 48.8 Å². The van der Waals surface area contributed by atoms with E-state index < -0.39 is 0 Å². The Hall–Kier alpha value is -1.98. The minimum atomic E-state index is -0.0262. The number of halogens is 4. The number of phenolic OH excluding ortho intramolecular Hbond substituents is 2. The molecule has 2 heterocycles. The number of aromatic hydroxyl groups is 2. The zero-order valence-corrected chi connectivity index (χ0v) is 15.9. The van der Waals surface area contributed by atoms with Crippen LogP contribution in [0.4, 0.5) is 0 Å². The average molecular weight is 428 g/mol. The molecular weight excluding hydrogens is 418 g/mol. The van der Waals surface area contributed by atoms with Crippen molar-refractivity contribution in [3.8, 4) is 11.5 Å². The van der Waals surface area contributed by atoms with Crippen molar-refractivity contribution in [2.24, 2.45) is 0 Å². The van der Waals surface area contributed by atoms with Crippen molar-refractivity contribution in [1.82, 2.24) is 9.97 Å². The Labute approximate surface area is 168 Å². The summed E-state index contributed by atoms with van der Waals surface area (Å²) in [5, 5.41) is 21.9. The number of rotatable bonds is 0. The van der Waals surface area contributed by atoms with Crippen molar-refractivity contribution in [2.75, 3.05) is 0 Å². The highest BCUT2D eigenvalue weighted by Gasteiger charge is 2.09. The van der Waals surface area contributed by atoms with Crippen molar-refractivity contribution in [3.63, 3.8) is 0 Å². The normalized spacial score (nSPS) is 10.6. The summed E-state index contributed by atoms with van der Waals surface area (Å²) in [7, 11) is 0. The molecule has 0 aliphatic carbocycles. The zero-order chi connectivity index (χ0) is 18.8. The molecule has 26 heavy (non-hydrogen) atoms. The topological polar surface area (TPSA) is 66.2 Å². The first-order valence-corrected chi connectivity index (χ1v) is 8.74. The minimum absolute atomic E-state index is 0.0262. The molecular formula is C18H10Cl4N2O2. The van der Waals surface area contributed by atoms with Gasteiger partial charge in [-0.1, -0.05) is 46.4 Å². The van der Waals surface area contributed by atoms with Crippen molar-refractivity contribution in [3.05, 3.63) is 68.9 Å². The Morgan fingerprint density at radius 2 is 1.00 bits per heavy atom. The Morgan fingerprint density at radius 1 is 0.615 bits per heavy atom. The lowest BCUT2D eigenvalue weighted by Crippen LogP contribution is -1.80. The fraction of sp³-hybridized carbons (Fsp3) is 0. The standard InChI is InChI=1S/2C9H5Cl2NO/c2*10-6-4-7(11)9(13)8-5(6)2-1-3-12-8/h2*1-4,13H. The van der Waals surface area contributed by atoms with Crippen LogP contribution in [0, 0.1) is 0 Å². The second-order valence-electron chi connectivity index (χ2n) is 5.18. The summed E-state index contributed by atoms with van der Waals surface area (Å²) < 4.78 is 0. The summed E-state index contributed by atoms with van der Waals surface area (Å²) in [6.07, 6.45) is 3.16. The maximum atomic E-state index is 9.53. The lowest BCUT2D eigenvalue weighted by molar-refractivity contribution is 0.480. The predicted molar refractivity (Wildman–Crippen MR) is 107 cm³/mol. The van der Waals surface area contributed by atoms with Crippen molar-refractivity contribution < 1.29 is 10.2 Å². The van der Waals surface area contributed by atoms with E-state index in [0.29, 0.717) is 31.9 Å². The number of hydrogen-bond donors (Lipinski definition) is 2. The van der Waals surface area contributed by atoms with Gasteiger partial charge in [0.1, 0.15) is 11.0 Å². The van der Waals surface area contributed by atoms with Gasteiger partial charge in [-0.2, -0.15) is 0 Å². The molecule has 8 heteroatoms. The lowest BCUT2D eigenvalue weighted by atomic mass is 10.2. The van der Waals surface area contributed by atoms with E-state index in [2.05, 4.69) is 9.97 Å². The first-order chi connectivity index (χ1) is 12.4. The Bertz CT molecular complexity index is 1030. The van der Waals surface area contributed by atoms with E-state index in [4.69, 9.17) is 46.4 Å². The molecule has 4 aromatic rings. The van der Waals surface area contributed by atoms with E-state index in [1.807, 2.05) is 0 Å². The Morgan fingerprint density at radius 3 is 1.38 bits per heavy atom. The van der Waals surface area contributed by atoms with E-state index in [0.717, 1.165) is 0 Å². The van der Waals surface area contributed by atoms with Gasteiger partial charge in [-0.05, 0) is 36.4 Å². The van der Waals surface area contributed by atoms with Gasteiger partial charge < -0.3 is 10.2 Å². The van der Waals surface area contributed by atoms with E-state index in [9.17, 15) is 10.2 Å². The molecule has 132 valence electrons. The summed E-state index contributed by atoms with van der Waals surface area (Å²) in [4.78, 5) is 7.97. The van der Waals surface area contributed by atoms with Crippen LogP contribution in [-0.2, 0) is 0 Å². The van der Waals surface area contributed by atoms with E-state index in [1.54, 1.807) is 36.7 Å². The van der Waals surface area contributed by atoms with Crippen molar-refractivity contribution >= 4 is 68.2 Å². The third-order valence-corrected chi connectivity index (χ3v) is 4.74. The molecule has 2 aromatic carbocycles. The monoisotopic (exact) mass is 426 g/mol. The number of aromatic nitrogens is 2. The van der Waals surface area contributed by atoms with Gasteiger partial charge in [0.2, 0.25) is 0 Å². The SMILES string of the molecule is Oc1c(Cl)cc(Cl)c2cccnc12.Oc1c(Cl)cc(Cl)c2cccnc12. The maximum Gasteiger partial charge on any atom is 0.160 e. The highest BCUT2D eigenvalue weighted by Crippen LogP contribution is 2.36. The number of pyridine rings is 2. The number of hydrogen-bond acceptors (Lipinski definition) is 4. The first kappa shape index (κ1) is 18.8. The number of fused-ring (bicyclic) bond motifs is 2. The fourth-order valence-corrected chi connectivity index (χ4v) is 3.35. The number of benzene rings is 2. The van der Waals surface area contributed by atoms with Crippen LogP contribution >= 0.6 is 46.4 Å². The van der Waals surface area contributed by atoms with Gasteiger partial charge in [-0.15, -0.1) is 0 Å². The predicted octanol–water partition coefficient (Wildman–Crippen LogP) is 6.49. The van der Waals surface area contributed by atoms with Crippen LogP contribution in [0.5, 0.6) is 11.5 Å². The fourth-order valence-electron chi connectivity index (χ4n) is 2.31. The van der Waals surface area contributed by atoms with Gasteiger partial charge in [-0.3, -0.25) is 9.97 Å². The molecule has 0 saturated heterocycles. The molecule has 0 amide bonds. The third-order valence-electron chi connectivity index (χ3n) is 3.54. The number of nitrogens with zero attached hydrogens (tertiary/aromatic N) is 2. The van der Waals surface area contributed by atoms with Gasteiger partial charge in [0.05, 0.1) is 20.1 Å². The summed E-state index contributed by atoms with van der Waals surface area (Å²) in [5.74, 6) is -0.0525. The van der Waals surface area contributed by atoms with Crippen LogP contribution in [0.3, 0.4) is 0 Å². The number of phenols is 2. The summed E-state index contributed by atoms with van der Waals surface area (Å²) in [6.45, 7) is 0. The van der Waals surface area contributed by atoms with Gasteiger partial charge in [0.25, 0.3) is 0 Å². The molecule has 4 nitrogen and oxygen atoms in total. The molecule has 0 spiro atoms. The molecule has 0 bridgehead atoms. The Kier molecular flexibility index (Phi) is 5.58. The second kappa shape index (κ2) is 7.72. The van der Waals surface area contributed by atoms with Crippen LogP contribution < -0.4 is 0 Å². The average Bonchev–Trinajstić information content (AvgIpc) is 2.65. The summed E-state index contributed by atoms with van der Waals surface area (Å²) in [6, 6.07) is 10.1. The van der Waals surface area contributed by atoms with Gasteiger partial charge in [0.15, 0.2) is 11.5 Å². The molecule has 2 N–H and O–H groups in total. The zero-order valence-electron chi connectivity index (χ0n) is 12.9. The molecule has 0 saturated carbocycles. The summed E-state index contributed by atoms with van der Waals surface area (Å²) >= 11 is 23.2. The molecule has 2 aromatic heterocycles. The lowest BCUT2D eigenvalue weighted by Gasteiger charge is -2.03. The first-order valence-electron chi connectivity index (χ1n) is 7.23. The minimum Gasteiger partial charge on any atom is -0.504 e. The maximum absolute atomic E-state index is 9.53.